The van der Waals surface area contributed by atoms with Crippen LogP contribution < -0.4 is 14.8 Å². The zero-order chi connectivity index (χ0) is 21.3. The lowest BCUT2D eigenvalue weighted by molar-refractivity contribution is -0.113. The smallest absolute Gasteiger partial charge is 0.387 e. The summed E-state index contributed by atoms with van der Waals surface area (Å²) >= 11 is 1.44. The Morgan fingerprint density at radius 2 is 1.93 bits per heavy atom. The number of carbonyl (C=O) groups is 1. The third-order valence-electron chi connectivity index (χ3n) is 4.09. The van der Waals surface area contributed by atoms with E-state index in [2.05, 4.69) is 15.0 Å². The summed E-state index contributed by atoms with van der Waals surface area (Å²) in [5.74, 6) is 1.33. The first-order chi connectivity index (χ1) is 14.5. The Bertz CT molecular complexity index is 970. The summed E-state index contributed by atoms with van der Waals surface area (Å²) in [6.07, 6.45) is 1.71. The maximum absolute atomic E-state index is 12.8. The second kappa shape index (κ2) is 10.6. The van der Waals surface area contributed by atoms with Gasteiger partial charge in [-0.3, -0.25) is 9.78 Å². The van der Waals surface area contributed by atoms with Crippen molar-refractivity contribution in [2.24, 2.45) is 0 Å². The highest BCUT2D eigenvalue weighted by Gasteiger charge is 2.14. The van der Waals surface area contributed by atoms with Gasteiger partial charge in [0.05, 0.1) is 18.6 Å². The molecule has 3 aromatic rings. The first-order valence-electron chi connectivity index (χ1n) is 9.06. The molecular formula is C22H20F2N2O3S. The van der Waals surface area contributed by atoms with Crippen molar-refractivity contribution in [1.82, 2.24) is 4.98 Å². The Kier molecular flexibility index (Phi) is 7.62. The molecule has 3 rings (SSSR count). The molecule has 5 nitrogen and oxygen atoms in total. The van der Waals surface area contributed by atoms with Crippen molar-refractivity contribution in [3.05, 3.63) is 72.6 Å². The summed E-state index contributed by atoms with van der Waals surface area (Å²) < 4.78 is 35.4. The summed E-state index contributed by atoms with van der Waals surface area (Å²) in [6.45, 7) is -2.95. The van der Waals surface area contributed by atoms with Crippen molar-refractivity contribution in [2.45, 2.75) is 12.4 Å². The number of amides is 1. The number of carbonyl (C=O) groups excluding carboxylic acids is 1. The van der Waals surface area contributed by atoms with Gasteiger partial charge in [0.25, 0.3) is 0 Å². The number of thioether (sulfide) groups is 1. The van der Waals surface area contributed by atoms with E-state index in [1.807, 2.05) is 18.2 Å². The van der Waals surface area contributed by atoms with Crippen LogP contribution in [0.5, 0.6) is 11.5 Å². The van der Waals surface area contributed by atoms with Crippen LogP contribution in [0.1, 0.15) is 5.69 Å². The number of nitrogens with zero attached hydrogens (tertiary/aromatic N) is 1. The lowest BCUT2D eigenvalue weighted by Gasteiger charge is -2.14. The second-order valence-electron chi connectivity index (χ2n) is 6.18. The molecule has 1 amide bonds. The van der Waals surface area contributed by atoms with E-state index in [0.717, 1.165) is 5.69 Å². The average molecular weight is 430 g/mol. The van der Waals surface area contributed by atoms with Gasteiger partial charge in [0.2, 0.25) is 5.91 Å². The first kappa shape index (κ1) is 21.6. The molecule has 0 atom stereocenters. The Morgan fingerprint density at radius 1 is 1.13 bits per heavy atom. The van der Waals surface area contributed by atoms with Gasteiger partial charge in [-0.1, -0.05) is 18.2 Å². The quantitative estimate of drug-likeness (QED) is 0.504. The fourth-order valence-corrected chi connectivity index (χ4v) is 3.47. The normalized spacial score (nSPS) is 10.7. The molecule has 0 spiro atoms. The van der Waals surface area contributed by atoms with Gasteiger partial charge in [-0.2, -0.15) is 8.78 Å². The molecule has 0 saturated heterocycles. The Morgan fingerprint density at radius 3 is 2.60 bits per heavy atom. The summed E-state index contributed by atoms with van der Waals surface area (Å²) in [4.78, 5) is 16.5. The van der Waals surface area contributed by atoms with Crippen molar-refractivity contribution in [1.29, 1.82) is 0 Å². The predicted octanol–water partition coefficient (Wildman–Crippen LogP) is 5.23. The van der Waals surface area contributed by atoms with Crippen LogP contribution in [0.3, 0.4) is 0 Å². The van der Waals surface area contributed by atoms with Gasteiger partial charge in [0.1, 0.15) is 11.5 Å². The number of anilines is 1. The summed E-state index contributed by atoms with van der Waals surface area (Å²) in [6, 6.07) is 17.1. The van der Waals surface area contributed by atoms with Gasteiger partial charge in [-0.15, -0.1) is 11.8 Å². The number of halogens is 2. The van der Waals surface area contributed by atoms with Crippen LogP contribution in [0.25, 0.3) is 11.1 Å². The van der Waals surface area contributed by atoms with Crippen molar-refractivity contribution in [3.63, 3.8) is 0 Å². The van der Waals surface area contributed by atoms with Gasteiger partial charge in [-0.05, 0) is 48.0 Å². The Balaban J connectivity index is 1.70. The number of nitrogens with one attached hydrogen (secondary N) is 1. The highest BCUT2D eigenvalue weighted by molar-refractivity contribution is 7.99. The maximum atomic E-state index is 12.8. The summed E-state index contributed by atoms with van der Waals surface area (Å²) in [5, 5.41) is 2.79. The van der Waals surface area contributed by atoms with Crippen LogP contribution in [0.2, 0.25) is 0 Å². The predicted molar refractivity (Wildman–Crippen MR) is 114 cm³/mol. The van der Waals surface area contributed by atoms with Crippen molar-refractivity contribution in [2.75, 3.05) is 18.2 Å². The molecular weight excluding hydrogens is 410 g/mol. The fourth-order valence-electron chi connectivity index (χ4n) is 2.73. The van der Waals surface area contributed by atoms with E-state index in [-0.39, 0.29) is 17.4 Å². The molecule has 156 valence electrons. The molecule has 0 bridgehead atoms. The van der Waals surface area contributed by atoms with E-state index in [9.17, 15) is 13.6 Å². The molecule has 30 heavy (non-hydrogen) atoms. The number of pyridine rings is 1. The van der Waals surface area contributed by atoms with Gasteiger partial charge >= 0.3 is 6.61 Å². The topological polar surface area (TPSA) is 60.5 Å². The molecule has 0 aliphatic rings. The minimum absolute atomic E-state index is 0.0256. The lowest BCUT2D eigenvalue weighted by Crippen LogP contribution is -2.14. The highest BCUT2D eigenvalue weighted by Crippen LogP contribution is 2.34. The van der Waals surface area contributed by atoms with Crippen molar-refractivity contribution >= 4 is 23.4 Å². The fraction of sp³-hybridized carbons (Fsp3) is 0.182. The molecule has 0 aliphatic carbocycles. The zero-order valence-electron chi connectivity index (χ0n) is 16.2. The van der Waals surface area contributed by atoms with Crippen molar-refractivity contribution in [3.8, 4) is 22.6 Å². The van der Waals surface area contributed by atoms with E-state index >= 15 is 0 Å². The number of methoxy groups -OCH3 is 1. The van der Waals surface area contributed by atoms with Crippen LogP contribution in [-0.2, 0) is 10.5 Å². The molecule has 8 heteroatoms. The summed E-state index contributed by atoms with van der Waals surface area (Å²) in [5.41, 5.74) is 2.49. The molecule has 1 N–H and O–H groups in total. The van der Waals surface area contributed by atoms with Crippen LogP contribution in [0.15, 0.2) is 66.9 Å². The third-order valence-corrected chi connectivity index (χ3v) is 5.06. The first-order valence-corrected chi connectivity index (χ1v) is 10.2. The average Bonchev–Trinajstić information content (AvgIpc) is 2.75. The molecule has 0 unspecified atom stereocenters. The van der Waals surface area contributed by atoms with E-state index < -0.39 is 6.61 Å². The minimum atomic E-state index is -2.95. The van der Waals surface area contributed by atoms with E-state index in [1.54, 1.807) is 43.6 Å². The van der Waals surface area contributed by atoms with Crippen LogP contribution >= 0.6 is 11.8 Å². The standard InChI is InChI=1S/C22H20F2N2O3S/c1-28-18-8-5-15(6-9-18)19-12-16(7-10-20(19)29-22(23)24)26-21(27)14-30-13-17-4-2-3-11-25-17/h2-12,22H,13-14H2,1H3,(H,26,27). The Hall–Kier alpha value is -3.13. The number of hydrogen-bond acceptors (Lipinski definition) is 5. The monoisotopic (exact) mass is 430 g/mol. The number of rotatable bonds is 9. The number of hydrogen-bond donors (Lipinski definition) is 1. The number of benzene rings is 2. The minimum Gasteiger partial charge on any atom is -0.497 e. The van der Waals surface area contributed by atoms with Gasteiger partial charge < -0.3 is 14.8 Å². The van der Waals surface area contributed by atoms with E-state index in [4.69, 9.17) is 4.74 Å². The number of alkyl halides is 2. The SMILES string of the molecule is COc1ccc(-c2cc(NC(=O)CSCc3ccccn3)ccc2OC(F)F)cc1. The molecule has 0 saturated carbocycles. The Labute approximate surface area is 177 Å². The van der Waals surface area contributed by atoms with Crippen molar-refractivity contribution < 1.29 is 23.0 Å². The lowest BCUT2D eigenvalue weighted by atomic mass is 10.0. The third kappa shape index (κ3) is 6.18. The molecule has 0 radical (unpaired) electrons. The zero-order valence-corrected chi connectivity index (χ0v) is 17.0. The molecule has 0 aliphatic heterocycles. The summed E-state index contributed by atoms with van der Waals surface area (Å²) in [7, 11) is 1.54. The van der Waals surface area contributed by atoms with E-state index in [1.165, 1.54) is 23.9 Å². The molecule has 2 aromatic carbocycles. The molecule has 1 heterocycles. The van der Waals surface area contributed by atoms with Crippen LogP contribution in [0, 0.1) is 0 Å². The maximum Gasteiger partial charge on any atom is 0.387 e. The van der Waals surface area contributed by atoms with Gasteiger partial charge in [0, 0.05) is 23.2 Å². The second-order valence-corrected chi connectivity index (χ2v) is 7.17. The molecule has 1 aromatic heterocycles. The van der Waals surface area contributed by atoms with Gasteiger partial charge in [-0.25, -0.2) is 0 Å². The van der Waals surface area contributed by atoms with Crippen LogP contribution in [-0.4, -0.2) is 30.4 Å². The van der Waals surface area contributed by atoms with E-state index in [0.29, 0.717) is 28.3 Å². The number of ether oxygens (including phenoxy) is 2. The number of aromatic nitrogens is 1. The molecule has 0 fully saturated rings. The highest BCUT2D eigenvalue weighted by atomic mass is 32.2. The van der Waals surface area contributed by atoms with Crippen LogP contribution in [0.4, 0.5) is 14.5 Å². The largest absolute Gasteiger partial charge is 0.497 e. The van der Waals surface area contributed by atoms with Gasteiger partial charge in [0.15, 0.2) is 0 Å².